The number of carbonyl (C=O) groups is 1. The largest absolute Gasteiger partial charge is 0.362 e. The molecule has 0 aromatic heterocycles. The minimum Gasteiger partial charge on any atom is -0.362 e. The molecule has 1 atom stereocenters. The molecule has 0 aliphatic carbocycles. The van der Waals surface area contributed by atoms with E-state index in [-0.39, 0.29) is 12.1 Å². The summed E-state index contributed by atoms with van der Waals surface area (Å²) in [6, 6.07) is 0. The molecule has 2 aliphatic heterocycles. The van der Waals surface area contributed by atoms with Crippen LogP contribution >= 0.6 is 0 Å². The molecule has 16 heavy (non-hydrogen) atoms. The molecule has 5 nitrogen and oxygen atoms in total. The van der Waals surface area contributed by atoms with Crippen molar-refractivity contribution >= 4 is 5.91 Å². The van der Waals surface area contributed by atoms with E-state index < -0.39 is 0 Å². The van der Waals surface area contributed by atoms with E-state index >= 15 is 0 Å². The van der Waals surface area contributed by atoms with Crippen molar-refractivity contribution in [2.75, 3.05) is 26.4 Å². The van der Waals surface area contributed by atoms with Crippen LogP contribution in [0.15, 0.2) is 0 Å². The predicted molar refractivity (Wildman–Crippen MR) is 60.3 cm³/mol. The van der Waals surface area contributed by atoms with Gasteiger partial charge in [0, 0.05) is 26.6 Å². The lowest BCUT2D eigenvalue weighted by Gasteiger charge is -2.36. The molecule has 1 amide bonds. The Morgan fingerprint density at radius 2 is 2.25 bits per heavy atom. The Bertz CT molecular complexity index is 241. The molecule has 2 saturated heterocycles. The molecular weight excluding hydrogens is 206 g/mol. The quantitative estimate of drug-likeness (QED) is 0.764. The van der Waals surface area contributed by atoms with E-state index in [1.807, 2.05) is 0 Å². The van der Waals surface area contributed by atoms with Gasteiger partial charge in [0.15, 0.2) is 0 Å². The second-order valence-corrected chi connectivity index (χ2v) is 4.46. The van der Waals surface area contributed by atoms with E-state index in [9.17, 15) is 4.79 Å². The van der Waals surface area contributed by atoms with E-state index in [1.165, 1.54) is 12.8 Å². The van der Waals surface area contributed by atoms with E-state index in [4.69, 9.17) is 4.74 Å². The zero-order chi connectivity index (χ0) is 11.4. The molecule has 1 unspecified atom stereocenters. The molecule has 2 aliphatic rings. The Morgan fingerprint density at radius 1 is 1.38 bits per heavy atom. The number of hydrogen-bond acceptors (Lipinski definition) is 4. The van der Waals surface area contributed by atoms with Crippen LogP contribution in [0.5, 0.6) is 0 Å². The van der Waals surface area contributed by atoms with Crippen LogP contribution in [0.25, 0.3) is 0 Å². The number of amides is 1. The first-order valence-corrected chi connectivity index (χ1v) is 6.15. The SMILES string of the molecule is CC(=O)NCN1CCCN1C1CCCCO1. The highest BCUT2D eigenvalue weighted by Crippen LogP contribution is 2.21. The number of carbonyl (C=O) groups excluding carboxylic acids is 1. The first-order valence-electron chi connectivity index (χ1n) is 6.15. The minimum atomic E-state index is 0.0245. The lowest BCUT2D eigenvalue weighted by Crippen LogP contribution is -2.50. The molecule has 0 spiro atoms. The molecule has 1 N–H and O–H groups in total. The van der Waals surface area contributed by atoms with Crippen molar-refractivity contribution in [3.8, 4) is 0 Å². The third-order valence-electron chi connectivity index (χ3n) is 3.17. The van der Waals surface area contributed by atoms with E-state index in [1.54, 1.807) is 6.92 Å². The molecular formula is C11H21N3O2. The van der Waals surface area contributed by atoms with Crippen molar-refractivity contribution < 1.29 is 9.53 Å². The van der Waals surface area contributed by atoms with Gasteiger partial charge in [-0.15, -0.1) is 0 Å². The van der Waals surface area contributed by atoms with Crippen LogP contribution in [-0.4, -0.2) is 48.5 Å². The Kier molecular flexibility index (Phi) is 4.15. The summed E-state index contributed by atoms with van der Waals surface area (Å²) in [4.78, 5) is 10.9. The number of hydrazine groups is 1. The van der Waals surface area contributed by atoms with Crippen molar-refractivity contribution in [2.45, 2.75) is 38.8 Å². The molecule has 92 valence electrons. The van der Waals surface area contributed by atoms with Crippen molar-refractivity contribution in [1.82, 2.24) is 15.3 Å². The van der Waals surface area contributed by atoms with Gasteiger partial charge in [0.25, 0.3) is 0 Å². The lowest BCUT2D eigenvalue weighted by molar-refractivity contribution is -0.162. The number of rotatable bonds is 3. The highest BCUT2D eigenvalue weighted by molar-refractivity contribution is 5.72. The van der Waals surface area contributed by atoms with Crippen LogP contribution in [-0.2, 0) is 9.53 Å². The van der Waals surface area contributed by atoms with Gasteiger partial charge in [-0.3, -0.25) is 4.79 Å². The Morgan fingerprint density at radius 3 is 2.94 bits per heavy atom. The topological polar surface area (TPSA) is 44.8 Å². The fourth-order valence-electron chi connectivity index (χ4n) is 2.34. The highest BCUT2D eigenvalue weighted by atomic mass is 16.5. The van der Waals surface area contributed by atoms with Gasteiger partial charge in [-0.2, -0.15) is 0 Å². The number of ether oxygens (including phenoxy) is 1. The fraction of sp³-hybridized carbons (Fsp3) is 0.909. The molecule has 2 fully saturated rings. The molecule has 0 aromatic carbocycles. The third kappa shape index (κ3) is 2.93. The summed E-state index contributed by atoms with van der Waals surface area (Å²) >= 11 is 0. The first-order chi connectivity index (χ1) is 7.77. The summed E-state index contributed by atoms with van der Waals surface area (Å²) in [6.07, 6.45) is 4.91. The summed E-state index contributed by atoms with van der Waals surface area (Å²) in [7, 11) is 0. The maximum absolute atomic E-state index is 10.9. The smallest absolute Gasteiger partial charge is 0.217 e. The van der Waals surface area contributed by atoms with E-state index in [0.29, 0.717) is 6.67 Å². The van der Waals surface area contributed by atoms with Crippen molar-refractivity contribution in [1.29, 1.82) is 0 Å². The van der Waals surface area contributed by atoms with Gasteiger partial charge in [0.05, 0.1) is 6.67 Å². The van der Waals surface area contributed by atoms with Crippen LogP contribution in [0.3, 0.4) is 0 Å². The number of nitrogens with zero attached hydrogens (tertiary/aromatic N) is 2. The maximum atomic E-state index is 10.9. The van der Waals surface area contributed by atoms with Crippen LogP contribution < -0.4 is 5.32 Å². The summed E-state index contributed by atoms with van der Waals surface area (Å²) in [6.45, 7) is 5.09. The number of nitrogens with one attached hydrogen (secondary N) is 1. The molecule has 2 rings (SSSR count). The van der Waals surface area contributed by atoms with Gasteiger partial charge in [-0.25, -0.2) is 10.0 Å². The summed E-state index contributed by atoms with van der Waals surface area (Å²) < 4.78 is 5.77. The number of hydrogen-bond donors (Lipinski definition) is 1. The standard InChI is InChI=1S/C11H21N3O2/c1-10(15)12-9-13-6-4-7-14(13)11-5-2-3-8-16-11/h11H,2-9H2,1H3,(H,12,15). The Labute approximate surface area is 96.7 Å². The second kappa shape index (κ2) is 5.61. The fourth-order valence-corrected chi connectivity index (χ4v) is 2.34. The van der Waals surface area contributed by atoms with Gasteiger partial charge in [0.1, 0.15) is 6.23 Å². The zero-order valence-corrected chi connectivity index (χ0v) is 9.95. The average molecular weight is 227 g/mol. The second-order valence-electron chi connectivity index (χ2n) is 4.46. The normalized spacial score (nSPS) is 28.2. The van der Waals surface area contributed by atoms with Gasteiger partial charge in [-0.1, -0.05) is 0 Å². The molecule has 5 heteroatoms. The third-order valence-corrected chi connectivity index (χ3v) is 3.17. The van der Waals surface area contributed by atoms with Gasteiger partial charge in [0.2, 0.25) is 5.91 Å². The first kappa shape index (κ1) is 11.8. The van der Waals surface area contributed by atoms with Crippen LogP contribution in [0.4, 0.5) is 0 Å². The highest BCUT2D eigenvalue weighted by Gasteiger charge is 2.30. The van der Waals surface area contributed by atoms with E-state index in [2.05, 4.69) is 15.3 Å². The van der Waals surface area contributed by atoms with Gasteiger partial charge < -0.3 is 10.1 Å². The summed E-state index contributed by atoms with van der Waals surface area (Å²) in [5, 5.41) is 7.31. The summed E-state index contributed by atoms with van der Waals surface area (Å²) in [5.74, 6) is 0.0245. The Balaban J connectivity index is 1.84. The van der Waals surface area contributed by atoms with Crippen molar-refractivity contribution in [3.05, 3.63) is 0 Å². The molecule has 2 heterocycles. The van der Waals surface area contributed by atoms with Gasteiger partial charge in [-0.05, 0) is 25.7 Å². The van der Waals surface area contributed by atoms with Crippen LogP contribution in [0.1, 0.15) is 32.6 Å². The van der Waals surface area contributed by atoms with E-state index in [0.717, 1.165) is 32.5 Å². The molecule has 0 radical (unpaired) electrons. The predicted octanol–water partition coefficient (Wildman–Crippen LogP) is 0.529. The van der Waals surface area contributed by atoms with Gasteiger partial charge >= 0.3 is 0 Å². The maximum Gasteiger partial charge on any atom is 0.217 e. The zero-order valence-electron chi connectivity index (χ0n) is 9.95. The Hall–Kier alpha value is -0.650. The summed E-state index contributed by atoms with van der Waals surface area (Å²) in [5.41, 5.74) is 0. The van der Waals surface area contributed by atoms with Crippen LogP contribution in [0.2, 0.25) is 0 Å². The van der Waals surface area contributed by atoms with Crippen molar-refractivity contribution in [3.63, 3.8) is 0 Å². The monoisotopic (exact) mass is 227 g/mol. The van der Waals surface area contributed by atoms with Crippen molar-refractivity contribution in [2.24, 2.45) is 0 Å². The molecule has 0 saturated carbocycles. The average Bonchev–Trinajstić information content (AvgIpc) is 2.75. The lowest BCUT2D eigenvalue weighted by atomic mass is 10.2. The molecule has 0 bridgehead atoms. The minimum absolute atomic E-state index is 0.0245. The molecule has 0 aromatic rings. The van der Waals surface area contributed by atoms with Crippen LogP contribution in [0, 0.1) is 0 Å².